The molecule has 6 heteroatoms. The summed E-state index contributed by atoms with van der Waals surface area (Å²) >= 11 is 0. The lowest BCUT2D eigenvalue weighted by molar-refractivity contribution is 0.297. The van der Waals surface area contributed by atoms with E-state index in [-0.39, 0.29) is 5.54 Å². The summed E-state index contributed by atoms with van der Waals surface area (Å²) in [5, 5.41) is 0. The molecule has 0 N–H and O–H groups in total. The van der Waals surface area contributed by atoms with Crippen LogP contribution >= 0.6 is 0 Å². The smallest absolute Gasteiger partial charge is 0.225 e. The van der Waals surface area contributed by atoms with Crippen LogP contribution in [-0.4, -0.2) is 45.1 Å². The molecule has 1 spiro atoms. The molecule has 1 unspecified atom stereocenters. The van der Waals surface area contributed by atoms with Crippen LogP contribution in [0.15, 0.2) is 36.9 Å². The molecule has 2 saturated heterocycles. The minimum absolute atomic E-state index is 0.167. The van der Waals surface area contributed by atoms with E-state index in [4.69, 9.17) is 0 Å². The summed E-state index contributed by atoms with van der Waals surface area (Å²) in [4.78, 5) is 22.0. The van der Waals surface area contributed by atoms with E-state index in [1.165, 1.54) is 6.42 Å². The summed E-state index contributed by atoms with van der Waals surface area (Å²) in [5.74, 6) is 1.67. The van der Waals surface area contributed by atoms with Crippen molar-refractivity contribution in [2.75, 3.05) is 29.4 Å². The Labute approximate surface area is 117 Å². The zero-order valence-electron chi connectivity index (χ0n) is 11.2. The predicted octanol–water partition coefficient (Wildman–Crippen LogP) is 1.13. The zero-order valence-corrected chi connectivity index (χ0v) is 11.2. The molecular formula is C14H16N6. The minimum Gasteiger partial charge on any atom is -0.338 e. The Morgan fingerprint density at radius 2 is 1.40 bits per heavy atom. The van der Waals surface area contributed by atoms with Gasteiger partial charge in [-0.25, -0.2) is 19.9 Å². The molecule has 2 aliphatic heterocycles. The Kier molecular flexibility index (Phi) is 2.55. The SMILES string of the molecule is c1cnc(N2CCC3(CCN3c3ncccn3)C2)nc1. The van der Waals surface area contributed by atoms with Crippen LogP contribution in [0.1, 0.15) is 12.8 Å². The van der Waals surface area contributed by atoms with Crippen molar-refractivity contribution in [2.45, 2.75) is 18.4 Å². The van der Waals surface area contributed by atoms with E-state index in [1.807, 2.05) is 12.1 Å². The van der Waals surface area contributed by atoms with Crippen molar-refractivity contribution in [3.8, 4) is 0 Å². The molecule has 102 valence electrons. The molecule has 1 atom stereocenters. The number of hydrogen-bond donors (Lipinski definition) is 0. The van der Waals surface area contributed by atoms with Gasteiger partial charge in [0.25, 0.3) is 0 Å². The van der Waals surface area contributed by atoms with Crippen molar-refractivity contribution in [2.24, 2.45) is 0 Å². The Balaban J connectivity index is 1.56. The number of anilines is 2. The van der Waals surface area contributed by atoms with Gasteiger partial charge in [0.2, 0.25) is 11.9 Å². The maximum absolute atomic E-state index is 4.38. The normalized spacial score (nSPS) is 25.0. The largest absolute Gasteiger partial charge is 0.338 e. The summed E-state index contributed by atoms with van der Waals surface area (Å²) in [7, 11) is 0. The van der Waals surface area contributed by atoms with Crippen LogP contribution < -0.4 is 9.80 Å². The molecule has 0 aromatic carbocycles. The standard InChI is InChI=1S/C14H16N6/c1-5-15-12(16-6-1)19-9-3-14(11-19)4-10-20(14)13-17-7-2-8-18-13/h1-2,5-8H,3-4,9-11H2. The van der Waals surface area contributed by atoms with Crippen molar-refractivity contribution in [3.63, 3.8) is 0 Å². The molecule has 2 aromatic rings. The summed E-state index contributed by atoms with van der Waals surface area (Å²) < 4.78 is 0. The third kappa shape index (κ3) is 1.71. The van der Waals surface area contributed by atoms with Gasteiger partial charge in [-0.3, -0.25) is 0 Å². The first-order chi connectivity index (χ1) is 9.87. The molecule has 2 aromatic heterocycles. The van der Waals surface area contributed by atoms with E-state index in [0.29, 0.717) is 0 Å². The molecule has 0 amide bonds. The average Bonchev–Trinajstić information content (AvgIpc) is 2.96. The van der Waals surface area contributed by atoms with Gasteiger partial charge in [-0.05, 0) is 25.0 Å². The number of nitrogens with zero attached hydrogens (tertiary/aromatic N) is 6. The minimum atomic E-state index is 0.167. The van der Waals surface area contributed by atoms with Gasteiger partial charge >= 0.3 is 0 Å². The lowest BCUT2D eigenvalue weighted by Gasteiger charge is -2.50. The maximum atomic E-state index is 4.38. The van der Waals surface area contributed by atoms with Crippen LogP contribution in [0.4, 0.5) is 11.9 Å². The summed E-state index contributed by atoms with van der Waals surface area (Å²) in [5.41, 5.74) is 0.167. The van der Waals surface area contributed by atoms with Crippen LogP contribution in [0, 0.1) is 0 Å². The summed E-state index contributed by atoms with van der Waals surface area (Å²) in [6, 6.07) is 3.71. The third-order valence-corrected chi connectivity index (χ3v) is 4.33. The maximum Gasteiger partial charge on any atom is 0.225 e. The van der Waals surface area contributed by atoms with E-state index < -0.39 is 0 Å². The molecule has 20 heavy (non-hydrogen) atoms. The fourth-order valence-electron chi connectivity index (χ4n) is 3.19. The van der Waals surface area contributed by atoms with Gasteiger partial charge in [-0.2, -0.15) is 0 Å². The van der Waals surface area contributed by atoms with Gasteiger partial charge in [-0.1, -0.05) is 0 Å². The second-order valence-electron chi connectivity index (χ2n) is 5.40. The van der Waals surface area contributed by atoms with E-state index in [2.05, 4.69) is 29.7 Å². The first kappa shape index (κ1) is 11.6. The third-order valence-electron chi connectivity index (χ3n) is 4.33. The van der Waals surface area contributed by atoms with Crippen molar-refractivity contribution in [1.29, 1.82) is 0 Å². The molecule has 6 nitrogen and oxygen atoms in total. The molecule has 2 aliphatic rings. The van der Waals surface area contributed by atoms with Crippen molar-refractivity contribution in [3.05, 3.63) is 36.9 Å². The van der Waals surface area contributed by atoms with Gasteiger partial charge in [0.05, 0.1) is 5.54 Å². The first-order valence-corrected chi connectivity index (χ1v) is 6.94. The Bertz CT molecular complexity index is 589. The zero-order chi connectivity index (χ0) is 13.4. The average molecular weight is 268 g/mol. The number of rotatable bonds is 2. The van der Waals surface area contributed by atoms with Gasteiger partial charge in [-0.15, -0.1) is 0 Å². The first-order valence-electron chi connectivity index (χ1n) is 6.94. The lowest BCUT2D eigenvalue weighted by atomic mass is 9.84. The number of hydrogen-bond acceptors (Lipinski definition) is 6. The topological polar surface area (TPSA) is 58.0 Å². The van der Waals surface area contributed by atoms with E-state index >= 15 is 0 Å². The van der Waals surface area contributed by atoms with Crippen LogP contribution in [0.3, 0.4) is 0 Å². The fourth-order valence-corrected chi connectivity index (χ4v) is 3.19. The highest BCUT2D eigenvalue weighted by molar-refractivity contribution is 5.46. The van der Waals surface area contributed by atoms with Gasteiger partial charge in [0.15, 0.2) is 0 Å². The van der Waals surface area contributed by atoms with E-state index in [9.17, 15) is 0 Å². The van der Waals surface area contributed by atoms with Gasteiger partial charge in [0.1, 0.15) is 0 Å². The highest BCUT2D eigenvalue weighted by Crippen LogP contribution is 2.41. The molecule has 0 bridgehead atoms. The molecule has 0 aliphatic carbocycles. The fraction of sp³-hybridized carbons (Fsp3) is 0.429. The quantitative estimate of drug-likeness (QED) is 0.813. The highest BCUT2D eigenvalue weighted by Gasteiger charge is 2.50. The Hall–Kier alpha value is -2.24. The van der Waals surface area contributed by atoms with Crippen molar-refractivity contribution < 1.29 is 0 Å². The lowest BCUT2D eigenvalue weighted by Crippen LogP contribution is -2.62. The van der Waals surface area contributed by atoms with Crippen LogP contribution in [-0.2, 0) is 0 Å². The summed E-state index contributed by atoms with van der Waals surface area (Å²) in [6.07, 6.45) is 9.51. The van der Waals surface area contributed by atoms with Crippen LogP contribution in [0.2, 0.25) is 0 Å². The molecular weight excluding hydrogens is 252 g/mol. The monoisotopic (exact) mass is 268 g/mol. The Morgan fingerprint density at radius 1 is 0.800 bits per heavy atom. The summed E-state index contributed by atoms with van der Waals surface area (Å²) in [6.45, 7) is 2.98. The van der Waals surface area contributed by atoms with Crippen LogP contribution in [0.5, 0.6) is 0 Å². The molecule has 4 rings (SSSR count). The highest BCUT2D eigenvalue weighted by atomic mass is 15.4. The Morgan fingerprint density at radius 3 is 2.00 bits per heavy atom. The predicted molar refractivity (Wildman–Crippen MR) is 75.6 cm³/mol. The molecule has 0 saturated carbocycles. The number of aromatic nitrogens is 4. The van der Waals surface area contributed by atoms with E-state index in [1.54, 1.807) is 24.8 Å². The van der Waals surface area contributed by atoms with Crippen molar-refractivity contribution in [1.82, 2.24) is 19.9 Å². The van der Waals surface area contributed by atoms with Crippen LogP contribution in [0.25, 0.3) is 0 Å². The van der Waals surface area contributed by atoms with Gasteiger partial charge in [0, 0.05) is 44.4 Å². The molecule has 4 heterocycles. The van der Waals surface area contributed by atoms with E-state index in [0.717, 1.165) is 38.0 Å². The second-order valence-corrected chi connectivity index (χ2v) is 5.40. The molecule has 0 radical (unpaired) electrons. The van der Waals surface area contributed by atoms with Crippen molar-refractivity contribution >= 4 is 11.9 Å². The second kappa shape index (κ2) is 4.40. The van der Waals surface area contributed by atoms with Gasteiger partial charge < -0.3 is 9.80 Å². The molecule has 2 fully saturated rings.